The summed E-state index contributed by atoms with van der Waals surface area (Å²) in [6, 6.07) is 8.71. The maximum absolute atomic E-state index is 12.9. The third-order valence-corrected chi connectivity index (χ3v) is 4.68. The Bertz CT molecular complexity index is 1020. The molecule has 0 bridgehead atoms. The molecule has 27 heavy (non-hydrogen) atoms. The summed E-state index contributed by atoms with van der Waals surface area (Å²) < 4.78 is 40.1. The van der Waals surface area contributed by atoms with Gasteiger partial charge in [0.05, 0.1) is 22.6 Å². The Morgan fingerprint density at radius 1 is 1.22 bits per heavy atom. The van der Waals surface area contributed by atoms with Crippen molar-refractivity contribution in [3.05, 3.63) is 58.5 Å². The number of tetrazole rings is 1. The van der Waals surface area contributed by atoms with E-state index in [1.807, 2.05) is 19.9 Å². The van der Waals surface area contributed by atoms with E-state index < -0.39 is 11.7 Å². The number of alkyl halides is 3. The van der Waals surface area contributed by atoms with Crippen LogP contribution in [-0.2, 0) is 11.9 Å². The van der Waals surface area contributed by atoms with Gasteiger partial charge in [0.15, 0.2) is 5.82 Å². The van der Waals surface area contributed by atoms with Crippen LogP contribution in [0.25, 0.3) is 5.69 Å². The molecule has 0 spiro atoms. The monoisotopic (exact) mass is 390 g/mol. The summed E-state index contributed by atoms with van der Waals surface area (Å²) in [6.45, 7) is 3.65. The molecule has 3 rings (SSSR count). The summed E-state index contributed by atoms with van der Waals surface area (Å²) in [5, 5.41) is 21.1. The second kappa shape index (κ2) is 7.36. The molecule has 0 aliphatic rings. The summed E-state index contributed by atoms with van der Waals surface area (Å²) in [5.41, 5.74) is 1.47. The van der Waals surface area contributed by atoms with Gasteiger partial charge in [-0.25, -0.2) is 4.98 Å². The molecule has 3 aromatic rings. The van der Waals surface area contributed by atoms with E-state index >= 15 is 0 Å². The Morgan fingerprint density at radius 3 is 2.70 bits per heavy atom. The molecule has 138 valence electrons. The van der Waals surface area contributed by atoms with Crippen molar-refractivity contribution in [1.82, 2.24) is 25.2 Å². The number of aryl methyl sites for hydroxylation is 2. The Labute approximate surface area is 157 Å². The van der Waals surface area contributed by atoms with Gasteiger partial charge in [-0.05, 0) is 54.1 Å². The van der Waals surface area contributed by atoms with Crippen LogP contribution in [0.3, 0.4) is 0 Å². The molecule has 0 saturated carbocycles. The van der Waals surface area contributed by atoms with Crippen molar-refractivity contribution in [3.63, 3.8) is 0 Å². The molecule has 2 heterocycles. The summed E-state index contributed by atoms with van der Waals surface area (Å²) in [5.74, 6) is 0.595. The van der Waals surface area contributed by atoms with Gasteiger partial charge in [-0.2, -0.15) is 23.1 Å². The normalized spacial score (nSPS) is 11.4. The van der Waals surface area contributed by atoms with E-state index in [0.29, 0.717) is 16.4 Å². The van der Waals surface area contributed by atoms with E-state index in [-0.39, 0.29) is 11.4 Å². The zero-order valence-electron chi connectivity index (χ0n) is 14.3. The molecule has 6 nitrogen and oxygen atoms in total. The fourth-order valence-corrected chi connectivity index (χ4v) is 3.49. The number of pyridine rings is 1. The van der Waals surface area contributed by atoms with Gasteiger partial charge >= 0.3 is 6.18 Å². The van der Waals surface area contributed by atoms with E-state index in [1.165, 1.54) is 28.6 Å². The molecule has 0 fully saturated rings. The van der Waals surface area contributed by atoms with Crippen molar-refractivity contribution in [3.8, 4) is 11.8 Å². The van der Waals surface area contributed by atoms with E-state index in [9.17, 15) is 18.4 Å². The summed E-state index contributed by atoms with van der Waals surface area (Å²) in [6.07, 6.45) is -4.45. The first-order chi connectivity index (χ1) is 12.8. The van der Waals surface area contributed by atoms with E-state index in [1.54, 1.807) is 0 Å². The van der Waals surface area contributed by atoms with Crippen molar-refractivity contribution in [2.24, 2.45) is 0 Å². The largest absolute Gasteiger partial charge is 0.416 e. The lowest BCUT2D eigenvalue weighted by Gasteiger charge is -2.10. The molecular weight excluding hydrogens is 377 g/mol. The smallest absolute Gasteiger partial charge is 0.245 e. The summed E-state index contributed by atoms with van der Waals surface area (Å²) >= 11 is 1.26. The number of nitrogens with zero attached hydrogens (tertiary/aromatic N) is 6. The van der Waals surface area contributed by atoms with E-state index in [4.69, 9.17) is 0 Å². The number of benzene rings is 1. The molecule has 2 aromatic heterocycles. The fourth-order valence-electron chi connectivity index (χ4n) is 2.49. The topological polar surface area (TPSA) is 80.3 Å². The minimum absolute atomic E-state index is 0.208. The SMILES string of the molecule is Cc1cc(C)c(C#N)c(SCc2nnnn2-c2cccc(C(F)(F)F)c2)n1. The van der Waals surface area contributed by atoms with Crippen molar-refractivity contribution < 1.29 is 13.2 Å². The van der Waals surface area contributed by atoms with Gasteiger partial charge in [-0.1, -0.05) is 17.8 Å². The quantitative estimate of drug-likeness (QED) is 0.630. The lowest BCUT2D eigenvalue weighted by Crippen LogP contribution is -2.08. The predicted molar refractivity (Wildman–Crippen MR) is 92.1 cm³/mol. The standard InChI is InChI=1S/C17H13F3N6S/c1-10-6-11(2)22-16(14(10)8-21)27-9-15-23-24-25-26(15)13-5-3-4-12(7-13)17(18,19)20/h3-7H,9H2,1-2H3. The zero-order valence-corrected chi connectivity index (χ0v) is 15.1. The lowest BCUT2D eigenvalue weighted by molar-refractivity contribution is -0.137. The maximum atomic E-state index is 12.9. The number of thioether (sulfide) groups is 1. The number of hydrogen-bond donors (Lipinski definition) is 0. The number of nitriles is 1. The minimum atomic E-state index is -4.45. The van der Waals surface area contributed by atoms with Crippen LogP contribution in [0.1, 0.15) is 28.2 Å². The molecule has 0 radical (unpaired) electrons. The van der Waals surface area contributed by atoms with Gasteiger partial charge in [-0.3, -0.25) is 0 Å². The van der Waals surface area contributed by atoms with Crippen LogP contribution in [0.2, 0.25) is 0 Å². The first-order valence-corrected chi connectivity index (χ1v) is 8.74. The lowest BCUT2D eigenvalue weighted by atomic mass is 10.1. The highest BCUT2D eigenvalue weighted by atomic mass is 32.2. The zero-order chi connectivity index (χ0) is 19.6. The molecule has 0 saturated heterocycles. The highest BCUT2D eigenvalue weighted by Crippen LogP contribution is 2.31. The highest BCUT2D eigenvalue weighted by Gasteiger charge is 2.30. The number of rotatable bonds is 4. The molecule has 0 aliphatic heterocycles. The van der Waals surface area contributed by atoms with Gasteiger partial charge in [0.2, 0.25) is 0 Å². The van der Waals surface area contributed by atoms with Crippen molar-refractivity contribution in [1.29, 1.82) is 5.26 Å². The average Bonchev–Trinajstić information content (AvgIpc) is 3.07. The predicted octanol–water partition coefficient (Wildman–Crippen LogP) is 3.86. The van der Waals surface area contributed by atoms with Gasteiger partial charge in [0.25, 0.3) is 0 Å². The van der Waals surface area contributed by atoms with Crippen molar-refractivity contribution in [2.75, 3.05) is 0 Å². The average molecular weight is 390 g/mol. The third kappa shape index (κ3) is 4.09. The van der Waals surface area contributed by atoms with Crippen LogP contribution >= 0.6 is 11.8 Å². The highest BCUT2D eigenvalue weighted by molar-refractivity contribution is 7.98. The minimum Gasteiger partial charge on any atom is -0.245 e. The molecule has 10 heteroatoms. The molecular formula is C17H13F3N6S. The Balaban J connectivity index is 1.89. The van der Waals surface area contributed by atoms with E-state index in [2.05, 4.69) is 26.6 Å². The van der Waals surface area contributed by atoms with Gasteiger partial charge in [-0.15, -0.1) is 5.10 Å². The van der Waals surface area contributed by atoms with Crippen LogP contribution in [0.15, 0.2) is 35.4 Å². The Morgan fingerprint density at radius 2 is 2.00 bits per heavy atom. The molecule has 0 aliphatic carbocycles. The Hall–Kier alpha value is -2.93. The van der Waals surface area contributed by atoms with Crippen molar-refractivity contribution in [2.45, 2.75) is 30.8 Å². The number of hydrogen-bond acceptors (Lipinski definition) is 6. The first kappa shape index (κ1) is 18.8. The Kier molecular flexibility index (Phi) is 5.14. The number of halogens is 3. The fraction of sp³-hybridized carbons (Fsp3) is 0.235. The van der Waals surface area contributed by atoms with Crippen LogP contribution in [0.5, 0.6) is 0 Å². The maximum Gasteiger partial charge on any atom is 0.416 e. The second-order valence-electron chi connectivity index (χ2n) is 5.72. The van der Waals surface area contributed by atoms with Gasteiger partial charge in [0.1, 0.15) is 11.1 Å². The van der Waals surface area contributed by atoms with E-state index in [0.717, 1.165) is 23.4 Å². The van der Waals surface area contributed by atoms with Gasteiger partial charge < -0.3 is 0 Å². The van der Waals surface area contributed by atoms with Crippen molar-refractivity contribution >= 4 is 11.8 Å². The van der Waals surface area contributed by atoms with Crippen LogP contribution in [0, 0.1) is 25.2 Å². The number of aromatic nitrogens is 5. The van der Waals surface area contributed by atoms with Gasteiger partial charge in [0, 0.05) is 5.69 Å². The summed E-state index contributed by atoms with van der Waals surface area (Å²) in [7, 11) is 0. The van der Waals surface area contributed by atoms with Crippen LogP contribution in [0.4, 0.5) is 13.2 Å². The molecule has 0 unspecified atom stereocenters. The van der Waals surface area contributed by atoms with Crippen LogP contribution in [-0.4, -0.2) is 25.2 Å². The molecule has 0 atom stereocenters. The second-order valence-corrected chi connectivity index (χ2v) is 6.68. The summed E-state index contributed by atoms with van der Waals surface area (Å²) in [4.78, 5) is 4.37. The van der Waals surface area contributed by atoms with Crippen LogP contribution < -0.4 is 0 Å². The third-order valence-electron chi connectivity index (χ3n) is 3.71. The molecule has 1 aromatic carbocycles. The first-order valence-electron chi connectivity index (χ1n) is 7.75. The molecule has 0 N–H and O–H groups in total. The molecule has 0 amide bonds.